The van der Waals surface area contributed by atoms with Gasteiger partial charge in [0.25, 0.3) is 0 Å². The average molecular weight is 348 g/mol. The number of nitrogens with zero attached hydrogens (tertiary/aromatic N) is 1. The van der Waals surface area contributed by atoms with Gasteiger partial charge in [0.1, 0.15) is 5.76 Å². The first-order valence-electron chi connectivity index (χ1n) is 7.82. The van der Waals surface area contributed by atoms with Crippen LogP contribution in [0, 0.1) is 0 Å². The van der Waals surface area contributed by atoms with Crippen molar-refractivity contribution in [3.63, 3.8) is 0 Å². The van der Waals surface area contributed by atoms with E-state index in [0.29, 0.717) is 19.4 Å². The van der Waals surface area contributed by atoms with Crippen molar-refractivity contribution in [1.29, 1.82) is 0 Å². The van der Waals surface area contributed by atoms with E-state index in [0.717, 1.165) is 17.0 Å². The van der Waals surface area contributed by atoms with E-state index in [9.17, 15) is 13.2 Å². The third-order valence-electron chi connectivity index (χ3n) is 4.08. The third-order valence-corrected chi connectivity index (χ3v) is 5.67. The number of rotatable bonds is 5. The molecule has 2 aromatic rings. The lowest BCUT2D eigenvalue weighted by molar-refractivity contribution is -0.116. The number of fused-ring (bicyclic) bond motifs is 1. The average Bonchev–Trinajstić information content (AvgIpc) is 3.14. The van der Waals surface area contributed by atoms with Crippen LogP contribution in [0.4, 0.5) is 5.69 Å². The first-order chi connectivity index (χ1) is 11.4. The zero-order chi connectivity index (χ0) is 17.3. The SMILES string of the molecule is CC(=O)N1CCc2cc(S(=O)(=O)NC(C)Cc3ccco3)ccc21. The fraction of sp³-hybridized carbons (Fsp3) is 0.353. The highest BCUT2D eigenvalue weighted by atomic mass is 32.2. The Hall–Kier alpha value is -2.12. The van der Waals surface area contributed by atoms with Crippen LogP contribution in [0.15, 0.2) is 45.9 Å². The highest BCUT2D eigenvalue weighted by molar-refractivity contribution is 7.89. The minimum atomic E-state index is -3.62. The second-order valence-electron chi connectivity index (χ2n) is 6.02. The van der Waals surface area contributed by atoms with E-state index >= 15 is 0 Å². The summed E-state index contributed by atoms with van der Waals surface area (Å²) in [6.07, 6.45) is 2.72. The molecule has 0 spiro atoms. The van der Waals surface area contributed by atoms with Crippen molar-refractivity contribution in [3.8, 4) is 0 Å². The molecule has 128 valence electrons. The Morgan fingerprint density at radius 2 is 2.17 bits per heavy atom. The van der Waals surface area contributed by atoms with Crippen molar-refractivity contribution >= 4 is 21.6 Å². The van der Waals surface area contributed by atoms with Crippen molar-refractivity contribution in [2.45, 2.75) is 37.6 Å². The third kappa shape index (κ3) is 3.37. The topological polar surface area (TPSA) is 79.6 Å². The summed E-state index contributed by atoms with van der Waals surface area (Å²) in [6.45, 7) is 3.90. The van der Waals surface area contributed by atoms with Gasteiger partial charge in [-0.15, -0.1) is 0 Å². The quantitative estimate of drug-likeness (QED) is 0.897. The highest BCUT2D eigenvalue weighted by Crippen LogP contribution is 2.30. The highest BCUT2D eigenvalue weighted by Gasteiger charge is 2.25. The molecular weight excluding hydrogens is 328 g/mol. The van der Waals surface area contributed by atoms with E-state index in [1.807, 2.05) is 6.07 Å². The smallest absolute Gasteiger partial charge is 0.240 e. The maximum Gasteiger partial charge on any atom is 0.240 e. The number of sulfonamides is 1. The lowest BCUT2D eigenvalue weighted by Gasteiger charge is -2.16. The molecule has 0 bridgehead atoms. The predicted molar refractivity (Wildman–Crippen MR) is 90.4 cm³/mol. The number of hydrogen-bond acceptors (Lipinski definition) is 4. The first-order valence-corrected chi connectivity index (χ1v) is 9.31. The predicted octanol–water partition coefficient (Wildman–Crippen LogP) is 2.10. The van der Waals surface area contributed by atoms with Gasteiger partial charge in [0.15, 0.2) is 0 Å². The van der Waals surface area contributed by atoms with E-state index in [1.165, 1.54) is 6.92 Å². The Bertz CT molecular complexity index is 843. The molecule has 3 rings (SSSR count). The molecule has 7 heteroatoms. The van der Waals surface area contributed by atoms with Crippen molar-refractivity contribution in [2.24, 2.45) is 0 Å². The summed E-state index contributed by atoms with van der Waals surface area (Å²) in [5.41, 5.74) is 1.68. The number of anilines is 1. The minimum absolute atomic E-state index is 0.0328. The van der Waals surface area contributed by atoms with Crippen molar-refractivity contribution in [1.82, 2.24) is 4.72 Å². The molecule has 0 radical (unpaired) electrons. The van der Waals surface area contributed by atoms with Crippen LogP contribution in [0.3, 0.4) is 0 Å². The van der Waals surface area contributed by atoms with Gasteiger partial charge in [-0.2, -0.15) is 0 Å². The van der Waals surface area contributed by atoms with Gasteiger partial charge in [0.2, 0.25) is 15.9 Å². The standard InChI is InChI=1S/C17H20N2O4S/c1-12(10-15-4-3-9-23-15)18-24(21,22)16-5-6-17-14(11-16)7-8-19(17)13(2)20/h3-6,9,11-12,18H,7-8,10H2,1-2H3. The fourth-order valence-corrected chi connectivity index (χ4v) is 4.27. The van der Waals surface area contributed by atoms with Gasteiger partial charge in [-0.05, 0) is 49.2 Å². The molecule has 1 aromatic heterocycles. The van der Waals surface area contributed by atoms with Crippen LogP contribution < -0.4 is 9.62 Å². The van der Waals surface area contributed by atoms with Gasteiger partial charge in [0, 0.05) is 31.6 Å². The van der Waals surface area contributed by atoms with Crippen LogP contribution in [0.2, 0.25) is 0 Å². The molecule has 1 aliphatic rings. The summed E-state index contributed by atoms with van der Waals surface area (Å²) >= 11 is 0. The molecule has 1 aromatic carbocycles. The maximum absolute atomic E-state index is 12.6. The summed E-state index contributed by atoms with van der Waals surface area (Å²) in [4.78, 5) is 13.5. The lowest BCUT2D eigenvalue weighted by atomic mass is 10.2. The Morgan fingerprint density at radius 3 is 2.83 bits per heavy atom. The van der Waals surface area contributed by atoms with Crippen LogP contribution in [-0.2, 0) is 27.7 Å². The van der Waals surface area contributed by atoms with E-state index in [4.69, 9.17) is 4.42 Å². The molecule has 1 aliphatic heterocycles. The van der Waals surface area contributed by atoms with E-state index in [1.54, 1.807) is 42.4 Å². The Kier molecular flexibility index (Phi) is 4.47. The number of carbonyl (C=O) groups is 1. The molecule has 0 saturated carbocycles. The Morgan fingerprint density at radius 1 is 1.38 bits per heavy atom. The van der Waals surface area contributed by atoms with Crippen LogP contribution in [-0.4, -0.2) is 26.9 Å². The van der Waals surface area contributed by atoms with Gasteiger partial charge >= 0.3 is 0 Å². The normalized spacial score (nSPS) is 15.3. The van der Waals surface area contributed by atoms with E-state index < -0.39 is 10.0 Å². The largest absolute Gasteiger partial charge is 0.469 e. The molecule has 1 atom stereocenters. The molecule has 1 N–H and O–H groups in total. The molecule has 0 saturated heterocycles. The van der Waals surface area contributed by atoms with E-state index in [-0.39, 0.29) is 16.8 Å². The van der Waals surface area contributed by atoms with E-state index in [2.05, 4.69) is 4.72 Å². The Balaban J connectivity index is 1.77. The molecule has 0 fully saturated rings. The maximum atomic E-state index is 12.6. The van der Waals surface area contributed by atoms with Gasteiger partial charge in [0.05, 0.1) is 11.2 Å². The zero-order valence-corrected chi connectivity index (χ0v) is 14.5. The molecule has 6 nitrogen and oxygen atoms in total. The summed E-state index contributed by atoms with van der Waals surface area (Å²) < 4.78 is 33.0. The van der Waals surface area contributed by atoms with Gasteiger partial charge in [-0.25, -0.2) is 13.1 Å². The second-order valence-corrected chi connectivity index (χ2v) is 7.73. The van der Waals surface area contributed by atoms with Crippen molar-refractivity contribution in [3.05, 3.63) is 47.9 Å². The Labute approximate surface area is 141 Å². The number of carbonyl (C=O) groups excluding carboxylic acids is 1. The van der Waals surface area contributed by atoms with Gasteiger partial charge < -0.3 is 9.32 Å². The van der Waals surface area contributed by atoms with Crippen molar-refractivity contribution < 1.29 is 17.6 Å². The monoisotopic (exact) mass is 348 g/mol. The lowest BCUT2D eigenvalue weighted by Crippen LogP contribution is -2.34. The molecule has 2 heterocycles. The molecule has 1 unspecified atom stereocenters. The van der Waals surface area contributed by atoms with Crippen LogP contribution >= 0.6 is 0 Å². The number of amides is 1. The summed E-state index contributed by atoms with van der Waals surface area (Å²) in [5, 5.41) is 0. The summed E-state index contributed by atoms with van der Waals surface area (Å²) in [5.74, 6) is 0.700. The molecule has 1 amide bonds. The number of nitrogens with one attached hydrogen (secondary N) is 1. The fourth-order valence-electron chi connectivity index (χ4n) is 2.98. The zero-order valence-electron chi connectivity index (χ0n) is 13.7. The number of furan rings is 1. The summed E-state index contributed by atoms with van der Waals surface area (Å²) in [6, 6.07) is 8.20. The van der Waals surface area contributed by atoms with Crippen molar-refractivity contribution in [2.75, 3.05) is 11.4 Å². The van der Waals surface area contributed by atoms with Crippen LogP contribution in [0.5, 0.6) is 0 Å². The van der Waals surface area contributed by atoms with Gasteiger partial charge in [-0.1, -0.05) is 0 Å². The van der Waals surface area contributed by atoms with Crippen LogP contribution in [0.1, 0.15) is 25.2 Å². The van der Waals surface area contributed by atoms with Crippen LogP contribution in [0.25, 0.3) is 0 Å². The number of hydrogen-bond donors (Lipinski definition) is 1. The van der Waals surface area contributed by atoms with Gasteiger partial charge in [-0.3, -0.25) is 4.79 Å². The second kappa shape index (κ2) is 6.41. The minimum Gasteiger partial charge on any atom is -0.469 e. The molecule has 24 heavy (non-hydrogen) atoms. The summed E-state index contributed by atoms with van der Waals surface area (Å²) in [7, 11) is -3.62. The first kappa shape index (κ1) is 16.7. The number of benzene rings is 1. The molecule has 0 aliphatic carbocycles. The molecular formula is C17H20N2O4S.